The number of rotatable bonds is 4. The number of aliphatic hydroxyl groups is 1. The Hall–Kier alpha value is -1.07. The summed E-state index contributed by atoms with van der Waals surface area (Å²) in [6.07, 6.45) is 4.74. The molecule has 2 aliphatic rings. The molecule has 1 amide bonds. The highest BCUT2D eigenvalue weighted by atomic mass is 32.2. The van der Waals surface area contributed by atoms with Gasteiger partial charge in [0.25, 0.3) is 5.91 Å². The van der Waals surface area contributed by atoms with Crippen molar-refractivity contribution in [2.24, 2.45) is 0 Å². The van der Waals surface area contributed by atoms with Gasteiger partial charge in [-0.1, -0.05) is 25.0 Å². The SMILES string of the molecule is O=C(NCC1(c2ccc(F)cc2)CCCC1)C1(O)CCSC1. The van der Waals surface area contributed by atoms with Crippen molar-refractivity contribution in [2.75, 3.05) is 18.1 Å². The van der Waals surface area contributed by atoms with E-state index in [2.05, 4.69) is 5.32 Å². The average molecular weight is 323 g/mol. The molecular formula is C17H22FNO2S. The summed E-state index contributed by atoms with van der Waals surface area (Å²) in [5.74, 6) is 0.805. The normalized spacial score (nSPS) is 27.0. The molecule has 1 aromatic carbocycles. The fourth-order valence-electron chi connectivity index (χ4n) is 3.57. The van der Waals surface area contributed by atoms with E-state index in [1.165, 1.54) is 12.1 Å². The number of hydrogen-bond acceptors (Lipinski definition) is 3. The van der Waals surface area contributed by atoms with Crippen molar-refractivity contribution in [1.82, 2.24) is 5.32 Å². The monoisotopic (exact) mass is 323 g/mol. The second-order valence-corrected chi connectivity index (χ2v) is 7.62. The van der Waals surface area contributed by atoms with E-state index < -0.39 is 5.60 Å². The number of carbonyl (C=O) groups excluding carboxylic acids is 1. The first-order chi connectivity index (χ1) is 10.5. The first kappa shape index (κ1) is 15.8. The van der Waals surface area contributed by atoms with Crippen LogP contribution in [0.15, 0.2) is 24.3 Å². The van der Waals surface area contributed by atoms with Gasteiger partial charge in [0.2, 0.25) is 0 Å². The molecule has 0 radical (unpaired) electrons. The van der Waals surface area contributed by atoms with Gasteiger partial charge in [-0.05, 0) is 42.7 Å². The summed E-state index contributed by atoms with van der Waals surface area (Å²) in [4.78, 5) is 12.3. The van der Waals surface area contributed by atoms with Gasteiger partial charge >= 0.3 is 0 Å². The highest BCUT2D eigenvalue weighted by molar-refractivity contribution is 7.99. The average Bonchev–Trinajstić information content (AvgIpc) is 3.16. The van der Waals surface area contributed by atoms with E-state index in [9.17, 15) is 14.3 Å². The third-order valence-corrected chi connectivity index (χ3v) is 6.20. The number of benzene rings is 1. The third kappa shape index (κ3) is 3.01. The smallest absolute Gasteiger partial charge is 0.252 e. The summed E-state index contributed by atoms with van der Waals surface area (Å²) in [6, 6.07) is 6.62. The van der Waals surface area contributed by atoms with E-state index in [0.29, 0.717) is 18.7 Å². The first-order valence-electron chi connectivity index (χ1n) is 7.89. The molecule has 1 aliphatic carbocycles. The Morgan fingerprint density at radius 1 is 1.23 bits per heavy atom. The molecule has 1 unspecified atom stereocenters. The molecule has 22 heavy (non-hydrogen) atoms. The maximum Gasteiger partial charge on any atom is 0.252 e. The van der Waals surface area contributed by atoms with Crippen molar-refractivity contribution in [2.45, 2.75) is 43.1 Å². The molecule has 1 aromatic rings. The zero-order valence-electron chi connectivity index (χ0n) is 12.6. The topological polar surface area (TPSA) is 49.3 Å². The largest absolute Gasteiger partial charge is 0.379 e. The number of nitrogens with one attached hydrogen (secondary N) is 1. The van der Waals surface area contributed by atoms with Crippen LogP contribution in [0.3, 0.4) is 0 Å². The Morgan fingerprint density at radius 2 is 1.91 bits per heavy atom. The summed E-state index contributed by atoms with van der Waals surface area (Å²) in [5, 5.41) is 13.3. The summed E-state index contributed by atoms with van der Waals surface area (Å²) >= 11 is 1.61. The molecule has 3 nitrogen and oxygen atoms in total. The molecule has 2 fully saturated rings. The predicted octanol–water partition coefficient (Wildman–Crippen LogP) is 2.62. The van der Waals surface area contributed by atoms with Crippen molar-refractivity contribution in [3.8, 4) is 0 Å². The fourth-order valence-corrected chi connectivity index (χ4v) is 4.81. The van der Waals surface area contributed by atoms with Gasteiger partial charge in [0.05, 0.1) is 0 Å². The highest BCUT2D eigenvalue weighted by Gasteiger charge is 2.42. The maximum atomic E-state index is 13.2. The lowest BCUT2D eigenvalue weighted by atomic mass is 9.78. The molecule has 0 aromatic heterocycles. The maximum absolute atomic E-state index is 13.2. The minimum absolute atomic E-state index is 0.120. The number of carbonyl (C=O) groups is 1. The van der Waals surface area contributed by atoms with Crippen LogP contribution in [-0.2, 0) is 10.2 Å². The lowest BCUT2D eigenvalue weighted by Gasteiger charge is -2.31. The van der Waals surface area contributed by atoms with E-state index in [1.54, 1.807) is 11.8 Å². The van der Waals surface area contributed by atoms with Gasteiger partial charge in [0.15, 0.2) is 5.60 Å². The van der Waals surface area contributed by atoms with Crippen molar-refractivity contribution >= 4 is 17.7 Å². The standard InChI is InChI=1S/C17H22FNO2S/c18-14-5-3-13(4-6-14)16(7-1-2-8-16)11-19-15(20)17(21)9-10-22-12-17/h3-6,21H,1-2,7-12H2,(H,19,20). The highest BCUT2D eigenvalue weighted by Crippen LogP contribution is 2.41. The second kappa shape index (κ2) is 6.20. The Kier molecular flexibility index (Phi) is 4.46. The summed E-state index contributed by atoms with van der Waals surface area (Å²) in [7, 11) is 0. The van der Waals surface area contributed by atoms with Crippen molar-refractivity contribution in [3.05, 3.63) is 35.6 Å². The zero-order valence-corrected chi connectivity index (χ0v) is 13.4. The number of halogens is 1. The van der Waals surface area contributed by atoms with Crippen LogP contribution in [0.5, 0.6) is 0 Å². The summed E-state index contributed by atoms with van der Waals surface area (Å²) in [5.41, 5.74) is -0.252. The molecule has 1 saturated carbocycles. The molecule has 0 spiro atoms. The van der Waals surface area contributed by atoms with Gasteiger partial charge < -0.3 is 10.4 Å². The second-order valence-electron chi connectivity index (χ2n) is 6.51. The van der Waals surface area contributed by atoms with Crippen LogP contribution in [-0.4, -0.2) is 34.7 Å². The molecule has 1 heterocycles. The van der Waals surface area contributed by atoms with Crippen molar-refractivity contribution in [1.29, 1.82) is 0 Å². The third-order valence-electron chi connectivity index (χ3n) is 5.03. The van der Waals surface area contributed by atoms with E-state index in [-0.39, 0.29) is 17.1 Å². The molecule has 1 saturated heterocycles. The van der Waals surface area contributed by atoms with Crippen LogP contribution in [0.25, 0.3) is 0 Å². The molecule has 0 bridgehead atoms. The fraction of sp³-hybridized carbons (Fsp3) is 0.588. The molecule has 120 valence electrons. The van der Waals surface area contributed by atoms with Crippen LogP contribution in [0, 0.1) is 5.82 Å². The predicted molar refractivity (Wildman–Crippen MR) is 86.4 cm³/mol. The number of hydrogen-bond donors (Lipinski definition) is 2. The molecule has 2 N–H and O–H groups in total. The van der Waals surface area contributed by atoms with Crippen LogP contribution in [0.2, 0.25) is 0 Å². The Labute approximate surface area is 134 Å². The summed E-state index contributed by atoms with van der Waals surface area (Å²) in [6.45, 7) is 0.518. The minimum Gasteiger partial charge on any atom is -0.379 e. The van der Waals surface area contributed by atoms with Gasteiger partial charge in [-0.15, -0.1) is 0 Å². The van der Waals surface area contributed by atoms with Crippen LogP contribution in [0.4, 0.5) is 4.39 Å². The van der Waals surface area contributed by atoms with Gasteiger partial charge in [0.1, 0.15) is 5.82 Å². The van der Waals surface area contributed by atoms with Crippen molar-refractivity contribution in [3.63, 3.8) is 0 Å². The van der Waals surface area contributed by atoms with E-state index in [0.717, 1.165) is 37.0 Å². The lowest BCUT2D eigenvalue weighted by molar-refractivity contribution is -0.137. The van der Waals surface area contributed by atoms with Crippen LogP contribution < -0.4 is 5.32 Å². The van der Waals surface area contributed by atoms with Crippen LogP contribution in [0.1, 0.15) is 37.7 Å². The van der Waals surface area contributed by atoms with Crippen molar-refractivity contribution < 1.29 is 14.3 Å². The van der Waals surface area contributed by atoms with E-state index in [1.807, 2.05) is 12.1 Å². The quantitative estimate of drug-likeness (QED) is 0.895. The summed E-state index contributed by atoms with van der Waals surface area (Å²) < 4.78 is 13.2. The Balaban J connectivity index is 1.72. The Bertz CT molecular complexity index is 534. The number of thioether (sulfide) groups is 1. The van der Waals surface area contributed by atoms with Crippen LogP contribution >= 0.6 is 11.8 Å². The minimum atomic E-state index is -1.22. The zero-order chi connectivity index (χ0) is 15.6. The van der Waals surface area contributed by atoms with Gasteiger partial charge in [-0.25, -0.2) is 4.39 Å². The Morgan fingerprint density at radius 3 is 2.50 bits per heavy atom. The van der Waals surface area contributed by atoms with Gasteiger partial charge in [-0.3, -0.25) is 4.79 Å². The molecule has 1 atom stereocenters. The number of amides is 1. The van der Waals surface area contributed by atoms with Gasteiger partial charge in [-0.2, -0.15) is 11.8 Å². The first-order valence-corrected chi connectivity index (χ1v) is 9.04. The molecule has 5 heteroatoms. The van der Waals surface area contributed by atoms with E-state index in [4.69, 9.17) is 0 Å². The van der Waals surface area contributed by atoms with Gasteiger partial charge in [0, 0.05) is 17.7 Å². The molecule has 3 rings (SSSR count). The molecular weight excluding hydrogens is 301 g/mol. The molecule has 1 aliphatic heterocycles. The lowest BCUT2D eigenvalue weighted by Crippen LogP contribution is -2.50. The van der Waals surface area contributed by atoms with E-state index >= 15 is 0 Å².